The maximum absolute atomic E-state index is 13.4. The Morgan fingerprint density at radius 1 is 0.527 bits per heavy atom. The van der Waals surface area contributed by atoms with Crippen LogP contribution in [0.15, 0.2) is 73.1 Å². The number of piperazine rings is 2. The number of rotatable bonds is 8. The van der Waals surface area contributed by atoms with E-state index < -0.39 is 0 Å². The number of aromatic nitrogens is 6. The number of amides is 4. The molecule has 384 valence electrons. The average molecular weight is 999 g/mol. The summed E-state index contributed by atoms with van der Waals surface area (Å²) >= 11 is 0. The van der Waals surface area contributed by atoms with Gasteiger partial charge in [0.2, 0.25) is 23.7 Å². The third kappa shape index (κ3) is 9.16. The molecule has 12 rings (SSSR count). The number of hydrogen-bond acceptors (Lipinski definition) is 14. The van der Waals surface area contributed by atoms with Crippen LogP contribution in [0.1, 0.15) is 123 Å². The molecular weight excluding hydrogens is 933 g/mol. The molecule has 2 aromatic carbocycles. The number of benzene rings is 2. The lowest BCUT2D eigenvalue weighted by Gasteiger charge is -2.35. The first-order chi connectivity index (χ1) is 35.8. The summed E-state index contributed by atoms with van der Waals surface area (Å²) in [7, 11) is 0. The number of pyridine rings is 2. The lowest BCUT2D eigenvalue weighted by Crippen LogP contribution is -2.48. The number of carbonyl (C=O) groups is 4. The summed E-state index contributed by atoms with van der Waals surface area (Å²) in [4.78, 5) is 96.2. The highest BCUT2D eigenvalue weighted by Crippen LogP contribution is 2.43. The molecule has 4 fully saturated rings. The number of anilines is 4. The second kappa shape index (κ2) is 20.1. The van der Waals surface area contributed by atoms with E-state index in [9.17, 15) is 19.2 Å². The van der Waals surface area contributed by atoms with E-state index in [4.69, 9.17) is 29.9 Å². The van der Waals surface area contributed by atoms with E-state index in [1.54, 1.807) is 13.8 Å². The molecule has 4 amide bonds. The minimum atomic E-state index is -0.0274. The number of hydrogen-bond donors (Lipinski definition) is 0. The highest BCUT2D eigenvalue weighted by atomic mass is 16.2. The Labute approximate surface area is 432 Å². The van der Waals surface area contributed by atoms with E-state index in [0.29, 0.717) is 88.7 Å². The van der Waals surface area contributed by atoms with Gasteiger partial charge in [0.25, 0.3) is 11.8 Å². The molecule has 0 radical (unpaired) electrons. The van der Waals surface area contributed by atoms with E-state index in [0.717, 1.165) is 83.3 Å². The van der Waals surface area contributed by atoms with Gasteiger partial charge in [-0.1, -0.05) is 36.4 Å². The third-order valence-corrected chi connectivity index (χ3v) is 15.8. The normalized spacial score (nSPS) is 19.9. The van der Waals surface area contributed by atoms with Crippen molar-refractivity contribution in [3.63, 3.8) is 0 Å². The van der Waals surface area contributed by atoms with E-state index in [1.807, 2.05) is 96.1 Å². The minimum absolute atomic E-state index is 0.0274. The molecule has 0 saturated carbocycles. The Balaban J connectivity index is 0.000000159. The van der Waals surface area contributed by atoms with Gasteiger partial charge in [0.05, 0.1) is 36.2 Å². The van der Waals surface area contributed by atoms with Crippen LogP contribution in [0, 0.1) is 0 Å². The van der Waals surface area contributed by atoms with E-state index >= 15 is 0 Å². The quantitative estimate of drug-likeness (QED) is 0.156. The average Bonchev–Trinajstić information content (AvgIpc) is 4.24. The maximum Gasteiger partial charge on any atom is 0.273 e. The summed E-state index contributed by atoms with van der Waals surface area (Å²) in [6.07, 6.45) is 8.08. The Morgan fingerprint density at radius 3 is 1.30 bits per heavy atom. The summed E-state index contributed by atoms with van der Waals surface area (Å²) in [5, 5.41) is 2.26. The lowest BCUT2D eigenvalue weighted by atomic mass is 10.0. The van der Waals surface area contributed by atoms with Gasteiger partial charge in [-0.3, -0.25) is 29.1 Å². The molecule has 74 heavy (non-hydrogen) atoms. The van der Waals surface area contributed by atoms with Gasteiger partial charge < -0.3 is 39.2 Å². The van der Waals surface area contributed by atoms with E-state index in [1.165, 1.54) is 11.1 Å². The van der Waals surface area contributed by atoms with E-state index in [-0.39, 0.29) is 47.8 Å². The molecule has 10 heterocycles. The highest BCUT2D eigenvalue weighted by molar-refractivity contribution is 5.99. The SMILES string of the molecule is CC(=O)N1CCN(c2nc3c(c(N4CCCC4c4cnc5ccccc5c4)n2)CN(C(C)C)C3=O)CC1.CC(=O)N1CCN(c2nc3c(c(N4CCCC4c4cnc5ccccc5c4)n2)CN(C(C)C)C3=O)CC1. The minimum Gasteiger partial charge on any atom is -0.349 e. The summed E-state index contributed by atoms with van der Waals surface area (Å²) in [5.74, 6) is 3.00. The summed E-state index contributed by atoms with van der Waals surface area (Å²) in [6, 6.07) is 21.3. The summed E-state index contributed by atoms with van der Waals surface area (Å²) in [6.45, 7) is 19.3. The fraction of sp³-hybridized carbons (Fsp3) is 0.464. The smallest absolute Gasteiger partial charge is 0.273 e. The van der Waals surface area contributed by atoms with Gasteiger partial charge in [-0.05, 0) is 88.8 Å². The number of nitrogens with zero attached hydrogens (tertiary/aromatic N) is 14. The molecule has 0 spiro atoms. The standard InChI is InChI=1S/2C28H33N7O2/c2*1-18(2)35-17-22-25(27(35)37)30-28(33-13-11-32(12-14-33)19(3)36)31-26(22)34-10-6-9-24(34)21-15-20-7-4-5-8-23(20)29-16-21/h2*4-5,7-8,15-16,18,24H,6,9-14,17H2,1-3H3. The van der Waals surface area contributed by atoms with Crippen LogP contribution in [0.2, 0.25) is 0 Å². The van der Waals surface area contributed by atoms with Gasteiger partial charge in [-0.25, -0.2) is 9.97 Å². The van der Waals surface area contributed by atoms with Crippen molar-refractivity contribution in [1.82, 2.24) is 49.5 Å². The Kier molecular flexibility index (Phi) is 13.2. The zero-order chi connectivity index (χ0) is 51.4. The Bertz CT molecular complexity index is 2940. The second-order valence-electron chi connectivity index (χ2n) is 21.0. The van der Waals surface area contributed by atoms with Gasteiger partial charge in [-0.2, -0.15) is 9.97 Å². The van der Waals surface area contributed by atoms with Crippen LogP contribution in [0.3, 0.4) is 0 Å². The summed E-state index contributed by atoms with van der Waals surface area (Å²) < 4.78 is 0. The Hall–Kier alpha value is -7.50. The van der Waals surface area contributed by atoms with E-state index in [2.05, 4.69) is 43.9 Å². The van der Waals surface area contributed by atoms with Crippen LogP contribution >= 0.6 is 0 Å². The molecule has 2 atom stereocenters. The predicted octanol–water partition coefficient (Wildman–Crippen LogP) is 6.80. The van der Waals surface area contributed by atoms with Crippen LogP contribution in [0.5, 0.6) is 0 Å². The molecule has 18 nitrogen and oxygen atoms in total. The van der Waals surface area contributed by atoms with Crippen molar-refractivity contribution in [2.24, 2.45) is 0 Å². The van der Waals surface area contributed by atoms with Crippen molar-refractivity contribution < 1.29 is 19.2 Å². The molecule has 0 bridgehead atoms. The fourth-order valence-corrected chi connectivity index (χ4v) is 11.6. The predicted molar refractivity (Wildman–Crippen MR) is 285 cm³/mol. The van der Waals surface area contributed by atoms with Crippen molar-refractivity contribution in [1.29, 1.82) is 0 Å². The molecule has 0 aliphatic carbocycles. The number of carbonyl (C=O) groups excluding carboxylic acids is 4. The first kappa shape index (κ1) is 48.8. The molecule has 4 saturated heterocycles. The van der Waals surface area contributed by atoms with Crippen molar-refractivity contribution in [3.05, 3.63) is 107 Å². The third-order valence-electron chi connectivity index (χ3n) is 15.8. The molecule has 6 aliphatic rings. The highest BCUT2D eigenvalue weighted by Gasteiger charge is 2.41. The van der Waals surface area contributed by atoms with Gasteiger partial charge in [-0.15, -0.1) is 0 Å². The monoisotopic (exact) mass is 999 g/mol. The van der Waals surface area contributed by atoms with Crippen LogP contribution < -0.4 is 19.6 Å². The zero-order valence-corrected chi connectivity index (χ0v) is 43.4. The van der Waals surface area contributed by atoms with Crippen molar-refractivity contribution >= 4 is 69.0 Å². The molecule has 2 unspecified atom stereocenters. The molecular formula is C56H66N14O4. The molecule has 18 heteroatoms. The largest absolute Gasteiger partial charge is 0.349 e. The van der Waals surface area contributed by atoms with Crippen molar-refractivity contribution in [2.45, 2.75) is 104 Å². The molecule has 0 N–H and O–H groups in total. The number of para-hydroxylation sites is 2. The first-order valence-electron chi connectivity index (χ1n) is 26.5. The molecule has 6 aliphatic heterocycles. The van der Waals surface area contributed by atoms with Crippen LogP contribution in [0.4, 0.5) is 23.5 Å². The first-order valence-corrected chi connectivity index (χ1v) is 26.5. The van der Waals surface area contributed by atoms with Gasteiger partial charge in [0.15, 0.2) is 0 Å². The fourth-order valence-electron chi connectivity index (χ4n) is 11.6. The van der Waals surface area contributed by atoms with Gasteiger partial charge >= 0.3 is 0 Å². The molecule has 4 aromatic heterocycles. The summed E-state index contributed by atoms with van der Waals surface area (Å²) in [5.41, 5.74) is 7.20. The van der Waals surface area contributed by atoms with Crippen LogP contribution in [0.25, 0.3) is 21.8 Å². The lowest BCUT2D eigenvalue weighted by molar-refractivity contribution is -0.129. The van der Waals surface area contributed by atoms with Crippen LogP contribution in [-0.4, -0.2) is 151 Å². The van der Waals surface area contributed by atoms with Crippen molar-refractivity contribution in [2.75, 3.05) is 85.0 Å². The van der Waals surface area contributed by atoms with Gasteiger partial charge in [0, 0.05) is 126 Å². The zero-order valence-electron chi connectivity index (χ0n) is 43.4. The maximum atomic E-state index is 13.4. The van der Waals surface area contributed by atoms with Crippen molar-refractivity contribution in [3.8, 4) is 0 Å². The molecule has 6 aromatic rings. The second-order valence-corrected chi connectivity index (χ2v) is 21.0. The Morgan fingerprint density at radius 2 is 0.919 bits per heavy atom. The van der Waals surface area contributed by atoms with Gasteiger partial charge in [0.1, 0.15) is 23.0 Å². The number of fused-ring (bicyclic) bond motifs is 4. The van der Waals surface area contributed by atoms with Crippen LogP contribution in [-0.2, 0) is 22.7 Å². The topological polar surface area (TPSA) is 172 Å².